The van der Waals surface area contributed by atoms with Gasteiger partial charge in [-0.25, -0.2) is 4.39 Å². The van der Waals surface area contributed by atoms with E-state index in [9.17, 15) is 14.0 Å². The Hall–Kier alpha value is -3.87. The molecular weight excluding hydrogens is 373 g/mol. The van der Waals surface area contributed by atoms with Crippen LogP contribution < -0.4 is 20.7 Å². The minimum Gasteiger partial charge on any atom is -0.497 e. The van der Waals surface area contributed by atoms with Crippen molar-refractivity contribution >= 4 is 28.9 Å². The lowest BCUT2D eigenvalue weighted by atomic mass is 10.2. The molecule has 0 bridgehead atoms. The van der Waals surface area contributed by atoms with Crippen molar-refractivity contribution in [1.82, 2.24) is 0 Å². The second-order valence-corrected chi connectivity index (χ2v) is 6.14. The van der Waals surface area contributed by atoms with Crippen molar-refractivity contribution in [3.8, 4) is 5.75 Å². The first kappa shape index (κ1) is 19.9. The summed E-state index contributed by atoms with van der Waals surface area (Å²) in [6.45, 7) is -0.0360. The molecule has 29 heavy (non-hydrogen) atoms. The van der Waals surface area contributed by atoms with Crippen molar-refractivity contribution in [1.29, 1.82) is 0 Å². The smallest absolute Gasteiger partial charge is 0.255 e. The molecule has 0 radical (unpaired) electrons. The van der Waals surface area contributed by atoms with Crippen LogP contribution >= 0.6 is 0 Å². The number of rotatable bonds is 7. The molecule has 3 N–H and O–H groups in total. The van der Waals surface area contributed by atoms with Crippen LogP contribution in [0.15, 0.2) is 72.8 Å². The van der Waals surface area contributed by atoms with Gasteiger partial charge in [0.25, 0.3) is 5.91 Å². The van der Waals surface area contributed by atoms with Gasteiger partial charge in [-0.2, -0.15) is 0 Å². The van der Waals surface area contributed by atoms with Crippen LogP contribution in [0.4, 0.5) is 21.5 Å². The molecule has 7 heteroatoms. The predicted octanol–water partition coefficient (Wildman–Crippen LogP) is 4.14. The number of para-hydroxylation sites is 1. The summed E-state index contributed by atoms with van der Waals surface area (Å²) in [5, 5.41) is 8.23. The van der Waals surface area contributed by atoms with Crippen LogP contribution in [0.5, 0.6) is 5.75 Å². The molecule has 3 aromatic rings. The maximum absolute atomic E-state index is 13.5. The number of ether oxygens (including phenoxy) is 1. The van der Waals surface area contributed by atoms with Crippen molar-refractivity contribution in [2.75, 3.05) is 29.6 Å². The Morgan fingerprint density at radius 2 is 1.52 bits per heavy atom. The SMILES string of the molecule is COc1ccc(NC(=O)c2ccc(NCC(=O)Nc3ccccc3F)cc2)cc1. The van der Waals surface area contributed by atoms with Gasteiger partial charge >= 0.3 is 0 Å². The summed E-state index contributed by atoms with van der Waals surface area (Å²) in [7, 11) is 1.58. The third-order valence-corrected chi connectivity index (χ3v) is 4.10. The number of hydrogen-bond donors (Lipinski definition) is 3. The van der Waals surface area contributed by atoms with Crippen molar-refractivity contribution in [2.45, 2.75) is 0 Å². The van der Waals surface area contributed by atoms with Gasteiger partial charge in [0.1, 0.15) is 11.6 Å². The first-order chi connectivity index (χ1) is 14.0. The lowest BCUT2D eigenvalue weighted by molar-refractivity contribution is -0.114. The van der Waals surface area contributed by atoms with Crippen molar-refractivity contribution in [3.05, 3.63) is 84.2 Å². The summed E-state index contributed by atoms with van der Waals surface area (Å²) in [5.41, 5.74) is 1.92. The van der Waals surface area contributed by atoms with Crippen LogP contribution in [0.3, 0.4) is 0 Å². The molecule has 0 spiro atoms. The van der Waals surface area contributed by atoms with Gasteiger partial charge in [-0.15, -0.1) is 0 Å². The summed E-state index contributed by atoms with van der Waals surface area (Å²) in [6.07, 6.45) is 0. The first-order valence-electron chi connectivity index (χ1n) is 8.89. The van der Waals surface area contributed by atoms with E-state index in [4.69, 9.17) is 4.74 Å². The van der Waals surface area contributed by atoms with E-state index >= 15 is 0 Å². The highest BCUT2D eigenvalue weighted by molar-refractivity contribution is 6.04. The van der Waals surface area contributed by atoms with Gasteiger partial charge in [0, 0.05) is 16.9 Å². The molecule has 0 saturated heterocycles. The number of hydrogen-bond acceptors (Lipinski definition) is 4. The molecule has 0 unspecified atom stereocenters. The Balaban J connectivity index is 1.52. The van der Waals surface area contributed by atoms with Gasteiger partial charge in [0.05, 0.1) is 19.3 Å². The van der Waals surface area contributed by atoms with Gasteiger partial charge in [0.2, 0.25) is 5.91 Å². The maximum Gasteiger partial charge on any atom is 0.255 e. The summed E-state index contributed by atoms with van der Waals surface area (Å²) in [4.78, 5) is 24.3. The van der Waals surface area contributed by atoms with Crippen LogP contribution in [0.1, 0.15) is 10.4 Å². The molecule has 148 valence electrons. The maximum atomic E-state index is 13.5. The van der Waals surface area contributed by atoms with Crippen LogP contribution in [0.25, 0.3) is 0 Å². The number of amides is 2. The number of methoxy groups -OCH3 is 1. The average molecular weight is 393 g/mol. The number of halogens is 1. The van der Waals surface area contributed by atoms with Crippen LogP contribution in [-0.2, 0) is 4.79 Å². The van der Waals surface area contributed by atoms with Crippen molar-refractivity contribution in [2.24, 2.45) is 0 Å². The van der Waals surface area contributed by atoms with Crippen molar-refractivity contribution < 1.29 is 18.7 Å². The fourth-order valence-corrected chi connectivity index (χ4v) is 2.56. The second-order valence-electron chi connectivity index (χ2n) is 6.14. The molecule has 3 rings (SSSR count). The normalized spacial score (nSPS) is 10.1. The fourth-order valence-electron chi connectivity index (χ4n) is 2.56. The van der Waals surface area contributed by atoms with Crippen LogP contribution in [-0.4, -0.2) is 25.5 Å². The molecule has 0 aliphatic carbocycles. The first-order valence-corrected chi connectivity index (χ1v) is 8.89. The van der Waals surface area contributed by atoms with E-state index < -0.39 is 5.82 Å². The topological polar surface area (TPSA) is 79.5 Å². The molecule has 6 nitrogen and oxygen atoms in total. The van der Waals surface area contributed by atoms with Gasteiger partial charge in [0.15, 0.2) is 0 Å². The Kier molecular flexibility index (Phi) is 6.42. The highest BCUT2D eigenvalue weighted by atomic mass is 19.1. The molecule has 3 aromatic carbocycles. The van der Waals surface area contributed by atoms with Gasteiger partial charge in [-0.05, 0) is 60.7 Å². The quantitative estimate of drug-likeness (QED) is 0.564. The largest absolute Gasteiger partial charge is 0.497 e. The Labute approximate surface area is 167 Å². The zero-order chi connectivity index (χ0) is 20.6. The van der Waals surface area contributed by atoms with E-state index in [-0.39, 0.29) is 24.0 Å². The average Bonchev–Trinajstić information content (AvgIpc) is 2.75. The summed E-state index contributed by atoms with van der Waals surface area (Å²) < 4.78 is 18.6. The van der Waals surface area contributed by atoms with Gasteiger partial charge in [-0.3, -0.25) is 9.59 Å². The predicted molar refractivity (Wildman–Crippen MR) is 111 cm³/mol. The molecule has 0 heterocycles. The zero-order valence-corrected chi connectivity index (χ0v) is 15.7. The molecule has 0 aliphatic heterocycles. The Morgan fingerprint density at radius 3 is 2.17 bits per heavy atom. The van der Waals surface area contributed by atoms with Gasteiger partial charge in [-0.1, -0.05) is 12.1 Å². The number of nitrogens with one attached hydrogen (secondary N) is 3. The van der Waals surface area contributed by atoms with Crippen molar-refractivity contribution in [3.63, 3.8) is 0 Å². The highest BCUT2D eigenvalue weighted by Gasteiger charge is 2.08. The van der Waals surface area contributed by atoms with E-state index in [1.807, 2.05) is 0 Å². The minimum absolute atomic E-state index is 0.0360. The van der Waals surface area contributed by atoms with E-state index in [0.717, 1.165) is 0 Å². The van der Waals surface area contributed by atoms with E-state index in [2.05, 4.69) is 16.0 Å². The Bertz CT molecular complexity index is 989. The minimum atomic E-state index is -0.493. The molecule has 0 atom stereocenters. The molecular formula is C22H20FN3O3. The lowest BCUT2D eigenvalue weighted by Gasteiger charge is -2.10. The van der Waals surface area contributed by atoms with E-state index in [1.165, 1.54) is 12.1 Å². The molecule has 0 aliphatic rings. The number of carbonyl (C=O) groups excluding carboxylic acids is 2. The standard InChI is InChI=1S/C22H20FN3O3/c1-29-18-12-10-17(11-13-18)25-22(28)15-6-8-16(9-7-15)24-14-21(27)26-20-5-3-2-4-19(20)23/h2-13,24H,14H2,1H3,(H,25,28)(H,26,27). The summed E-state index contributed by atoms with van der Waals surface area (Å²) >= 11 is 0. The second kappa shape index (κ2) is 9.36. The monoisotopic (exact) mass is 393 g/mol. The Morgan fingerprint density at radius 1 is 0.862 bits per heavy atom. The summed E-state index contributed by atoms with van der Waals surface area (Å²) in [6, 6.07) is 19.7. The van der Waals surface area contributed by atoms with E-state index in [1.54, 1.807) is 67.8 Å². The molecule has 0 aromatic heterocycles. The zero-order valence-electron chi connectivity index (χ0n) is 15.7. The highest BCUT2D eigenvalue weighted by Crippen LogP contribution is 2.17. The number of benzene rings is 3. The van der Waals surface area contributed by atoms with Crippen LogP contribution in [0.2, 0.25) is 0 Å². The molecule has 2 amide bonds. The van der Waals surface area contributed by atoms with Gasteiger partial charge < -0.3 is 20.7 Å². The number of carbonyl (C=O) groups is 2. The fraction of sp³-hybridized carbons (Fsp3) is 0.0909. The number of anilines is 3. The molecule has 0 saturated carbocycles. The molecule has 0 fully saturated rings. The van der Waals surface area contributed by atoms with Crippen LogP contribution in [0, 0.1) is 5.82 Å². The lowest BCUT2D eigenvalue weighted by Crippen LogP contribution is -2.22. The third kappa shape index (κ3) is 5.55. The third-order valence-electron chi connectivity index (χ3n) is 4.10. The summed E-state index contributed by atoms with van der Waals surface area (Å²) in [5.74, 6) is -0.416. The van der Waals surface area contributed by atoms with E-state index in [0.29, 0.717) is 22.7 Å².